The molecule has 1 aliphatic carbocycles. The Bertz CT molecular complexity index is 233. The fourth-order valence-corrected chi connectivity index (χ4v) is 2.32. The molecule has 0 aromatic heterocycles. The summed E-state index contributed by atoms with van der Waals surface area (Å²) in [5.74, 6) is 0.709. The summed E-state index contributed by atoms with van der Waals surface area (Å²) in [5, 5.41) is 3.02. The average Bonchev–Trinajstić information content (AvgIpc) is 2.65. The fourth-order valence-electron chi connectivity index (χ4n) is 2.32. The third-order valence-electron chi connectivity index (χ3n) is 3.21. The first-order valence-electron chi connectivity index (χ1n) is 5.80. The molecule has 16 heavy (non-hydrogen) atoms. The Kier molecular flexibility index (Phi) is 7.43. The molecule has 0 aromatic rings. The lowest BCUT2D eigenvalue weighted by Gasteiger charge is -2.20. The number of carbonyl (C=O) groups excluding carboxylic acids is 1. The zero-order chi connectivity index (χ0) is 11.3. The molecular weight excluding hydrogens is 224 g/mol. The van der Waals surface area contributed by atoms with E-state index in [2.05, 4.69) is 11.9 Å². The molecule has 3 N–H and O–H groups in total. The van der Waals surface area contributed by atoms with Gasteiger partial charge in [0.2, 0.25) is 5.91 Å². The molecule has 0 bridgehead atoms. The van der Waals surface area contributed by atoms with Gasteiger partial charge < -0.3 is 11.1 Å². The maximum atomic E-state index is 11.9. The van der Waals surface area contributed by atoms with Crippen LogP contribution in [0.15, 0.2) is 12.7 Å². The highest BCUT2D eigenvalue weighted by atomic mass is 35.5. The van der Waals surface area contributed by atoms with Gasteiger partial charge in [-0.15, -0.1) is 19.0 Å². The van der Waals surface area contributed by atoms with Crippen molar-refractivity contribution >= 4 is 18.3 Å². The summed E-state index contributed by atoms with van der Waals surface area (Å²) in [6, 6.07) is 0.189. The molecule has 0 aromatic carbocycles. The highest BCUT2D eigenvalue weighted by molar-refractivity contribution is 5.85. The number of amides is 1. The molecule has 94 valence electrons. The van der Waals surface area contributed by atoms with Crippen LogP contribution in [0.25, 0.3) is 0 Å². The molecule has 0 saturated heterocycles. The van der Waals surface area contributed by atoms with Crippen LogP contribution in [0.4, 0.5) is 0 Å². The van der Waals surface area contributed by atoms with E-state index in [1.54, 1.807) is 0 Å². The topological polar surface area (TPSA) is 55.1 Å². The Balaban J connectivity index is 0.00000225. The third kappa shape index (κ3) is 4.14. The van der Waals surface area contributed by atoms with Crippen LogP contribution < -0.4 is 11.1 Å². The number of nitrogens with two attached hydrogens (primary N) is 1. The number of halogens is 1. The number of hydrogen-bond donors (Lipinski definition) is 2. The molecular formula is C12H23ClN2O. The summed E-state index contributed by atoms with van der Waals surface area (Å²) in [7, 11) is 0. The third-order valence-corrected chi connectivity index (χ3v) is 3.21. The van der Waals surface area contributed by atoms with Crippen molar-refractivity contribution in [3.63, 3.8) is 0 Å². The lowest BCUT2D eigenvalue weighted by atomic mass is 9.95. The lowest BCUT2D eigenvalue weighted by molar-refractivity contribution is -0.126. The van der Waals surface area contributed by atoms with Crippen LogP contribution in [0.1, 0.15) is 32.6 Å². The maximum absolute atomic E-state index is 11.9. The minimum absolute atomic E-state index is 0. The van der Waals surface area contributed by atoms with Gasteiger partial charge in [-0.25, -0.2) is 0 Å². The SMILES string of the molecule is C=CCC(C)NC(=O)[C@@H]1CCC[C@@H]1CN.Cl. The first-order chi connectivity index (χ1) is 7.19. The summed E-state index contributed by atoms with van der Waals surface area (Å²) in [6.07, 6.45) is 5.89. The van der Waals surface area contributed by atoms with Crippen molar-refractivity contribution in [2.75, 3.05) is 6.54 Å². The highest BCUT2D eigenvalue weighted by Gasteiger charge is 2.32. The van der Waals surface area contributed by atoms with Gasteiger partial charge in [-0.05, 0) is 38.6 Å². The Morgan fingerprint density at radius 3 is 2.88 bits per heavy atom. The molecule has 1 saturated carbocycles. The molecule has 4 heteroatoms. The van der Waals surface area contributed by atoms with Crippen molar-refractivity contribution < 1.29 is 4.79 Å². The molecule has 0 heterocycles. The number of nitrogens with one attached hydrogen (secondary N) is 1. The van der Waals surface area contributed by atoms with Crippen molar-refractivity contribution in [2.24, 2.45) is 17.6 Å². The van der Waals surface area contributed by atoms with Crippen LogP contribution in [-0.4, -0.2) is 18.5 Å². The molecule has 3 nitrogen and oxygen atoms in total. The fraction of sp³-hybridized carbons (Fsp3) is 0.750. The molecule has 1 fully saturated rings. The zero-order valence-electron chi connectivity index (χ0n) is 9.95. The first-order valence-corrected chi connectivity index (χ1v) is 5.80. The van der Waals surface area contributed by atoms with Gasteiger partial charge in [0.1, 0.15) is 0 Å². The Morgan fingerprint density at radius 2 is 2.31 bits per heavy atom. The van der Waals surface area contributed by atoms with E-state index in [4.69, 9.17) is 5.73 Å². The smallest absolute Gasteiger partial charge is 0.223 e. The van der Waals surface area contributed by atoms with E-state index in [0.29, 0.717) is 12.5 Å². The van der Waals surface area contributed by atoms with Gasteiger partial charge in [-0.3, -0.25) is 4.79 Å². The first kappa shape index (κ1) is 15.5. The molecule has 1 unspecified atom stereocenters. The minimum atomic E-state index is 0. The van der Waals surface area contributed by atoms with Gasteiger partial charge in [0.25, 0.3) is 0 Å². The average molecular weight is 247 g/mol. The number of rotatable bonds is 5. The van der Waals surface area contributed by atoms with E-state index in [1.165, 1.54) is 0 Å². The van der Waals surface area contributed by atoms with E-state index in [1.807, 2.05) is 13.0 Å². The predicted octanol–water partition coefficient (Wildman–Crippen LogP) is 1.86. The summed E-state index contributed by atoms with van der Waals surface area (Å²) < 4.78 is 0. The van der Waals surface area contributed by atoms with Gasteiger partial charge in [0.15, 0.2) is 0 Å². The van der Waals surface area contributed by atoms with E-state index in [0.717, 1.165) is 25.7 Å². The van der Waals surface area contributed by atoms with Crippen molar-refractivity contribution in [3.05, 3.63) is 12.7 Å². The van der Waals surface area contributed by atoms with Crippen molar-refractivity contribution in [3.8, 4) is 0 Å². The van der Waals surface area contributed by atoms with Crippen molar-refractivity contribution in [1.29, 1.82) is 0 Å². The molecule has 3 atom stereocenters. The van der Waals surface area contributed by atoms with Crippen LogP contribution >= 0.6 is 12.4 Å². The standard InChI is InChI=1S/C12H22N2O.ClH/c1-3-5-9(2)14-12(15)11-7-4-6-10(11)8-13;/h3,9-11H,1,4-8,13H2,2H3,(H,14,15);1H/t9?,10-,11-;/m1./s1. The van der Waals surface area contributed by atoms with Gasteiger partial charge in [-0.2, -0.15) is 0 Å². The summed E-state index contributed by atoms with van der Waals surface area (Å²) in [6.45, 7) is 6.30. The molecule has 1 aliphatic rings. The van der Waals surface area contributed by atoms with E-state index < -0.39 is 0 Å². The summed E-state index contributed by atoms with van der Waals surface area (Å²) in [5.41, 5.74) is 5.66. The second kappa shape index (κ2) is 7.69. The zero-order valence-corrected chi connectivity index (χ0v) is 10.8. The van der Waals surface area contributed by atoms with Crippen molar-refractivity contribution in [2.45, 2.75) is 38.6 Å². The van der Waals surface area contributed by atoms with E-state index in [9.17, 15) is 4.79 Å². The number of hydrogen-bond acceptors (Lipinski definition) is 2. The van der Waals surface area contributed by atoms with Crippen LogP contribution in [0.3, 0.4) is 0 Å². The Hall–Kier alpha value is -0.540. The summed E-state index contributed by atoms with van der Waals surface area (Å²) in [4.78, 5) is 11.9. The van der Waals surface area contributed by atoms with Crippen LogP contribution in [-0.2, 0) is 4.79 Å². The molecule has 1 rings (SSSR count). The molecule has 0 radical (unpaired) electrons. The van der Waals surface area contributed by atoms with E-state index >= 15 is 0 Å². The number of carbonyl (C=O) groups is 1. The van der Waals surface area contributed by atoms with Gasteiger partial charge >= 0.3 is 0 Å². The highest BCUT2D eigenvalue weighted by Crippen LogP contribution is 2.31. The van der Waals surface area contributed by atoms with Crippen LogP contribution in [0.5, 0.6) is 0 Å². The quantitative estimate of drug-likeness (QED) is 0.728. The Morgan fingerprint density at radius 1 is 1.62 bits per heavy atom. The normalized spacial score (nSPS) is 25.6. The minimum Gasteiger partial charge on any atom is -0.353 e. The Labute approximate surface area is 104 Å². The second-order valence-electron chi connectivity index (χ2n) is 4.47. The summed E-state index contributed by atoms with van der Waals surface area (Å²) >= 11 is 0. The second-order valence-corrected chi connectivity index (χ2v) is 4.47. The van der Waals surface area contributed by atoms with Crippen molar-refractivity contribution in [1.82, 2.24) is 5.32 Å². The van der Waals surface area contributed by atoms with Crippen LogP contribution in [0, 0.1) is 11.8 Å². The molecule has 1 amide bonds. The van der Waals surface area contributed by atoms with Gasteiger partial charge in [0.05, 0.1) is 0 Å². The molecule has 0 spiro atoms. The van der Waals surface area contributed by atoms with Crippen LogP contribution in [0.2, 0.25) is 0 Å². The van der Waals surface area contributed by atoms with Gasteiger partial charge in [-0.1, -0.05) is 12.5 Å². The van der Waals surface area contributed by atoms with E-state index in [-0.39, 0.29) is 30.3 Å². The maximum Gasteiger partial charge on any atom is 0.223 e. The monoisotopic (exact) mass is 246 g/mol. The largest absolute Gasteiger partial charge is 0.353 e. The lowest BCUT2D eigenvalue weighted by Crippen LogP contribution is -2.39. The molecule has 0 aliphatic heterocycles. The van der Waals surface area contributed by atoms with Gasteiger partial charge in [0, 0.05) is 12.0 Å². The predicted molar refractivity (Wildman–Crippen MR) is 69.6 cm³/mol.